The molecule has 7 nitrogen and oxygen atoms in total. The number of aromatic nitrogens is 2. The molecule has 0 aliphatic rings. The van der Waals surface area contributed by atoms with Gasteiger partial charge in [0.1, 0.15) is 11.9 Å². The van der Waals surface area contributed by atoms with E-state index in [4.69, 9.17) is 19.5 Å². The van der Waals surface area contributed by atoms with Gasteiger partial charge < -0.3 is 24.1 Å². The van der Waals surface area contributed by atoms with Gasteiger partial charge in [-0.1, -0.05) is 6.07 Å². The number of imidazole rings is 1. The maximum Gasteiger partial charge on any atom is 0.356 e. The Balaban J connectivity index is 1.92. The smallest absolute Gasteiger partial charge is 0.356 e. The van der Waals surface area contributed by atoms with Gasteiger partial charge in [0, 0.05) is 6.54 Å². The molecule has 1 heterocycles. The molecule has 134 valence electrons. The monoisotopic (exact) mass is 355 g/mol. The number of anilines is 1. The van der Waals surface area contributed by atoms with E-state index >= 15 is 0 Å². The van der Waals surface area contributed by atoms with Crippen LogP contribution in [-0.2, 0) is 24.9 Å². The number of ether oxygens (including phenoxy) is 1. The van der Waals surface area contributed by atoms with Gasteiger partial charge in [-0.2, -0.15) is 0 Å². The van der Waals surface area contributed by atoms with Crippen LogP contribution in [0.25, 0.3) is 11.0 Å². The Labute approximate surface area is 142 Å². The lowest BCUT2D eigenvalue weighted by molar-refractivity contribution is 0.0961. The number of para-hydroxylation sites is 1. The summed E-state index contributed by atoms with van der Waals surface area (Å²) in [5.74, 6) is 0. The normalized spacial score (nSPS) is 12.6. The number of fused-ring (bicyclic) bond motifs is 1. The SMILES string of the molecule is CC(C)OP(=O)(COCCn1cnc2c(N)cccc21)OC(C)C. The van der Waals surface area contributed by atoms with Gasteiger partial charge in [-0.15, -0.1) is 0 Å². The van der Waals surface area contributed by atoms with Crippen LogP contribution in [0.2, 0.25) is 0 Å². The number of hydrogen-bond donors (Lipinski definition) is 1. The van der Waals surface area contributed by atoms with Crippen molar-refractivity contribution < 1.29 is 18.3 Å². The maximum atomic E-state index is 12.6. The zero-order chi connectivity index (χ0) is 17.7. The van der Waals surface area contributed by atoms with Crippen molar-refractivity contribution in [3.63, 3.8) is 0 Å². The minimum Gasteiger partial charge on any atom is -0.397 e. The largest absolute Gasteiger partial charge is 0.397 e. The van der Waals surface area contributed by atoms with E-state index in [1.165, 1.54) is 0 Å². The van der Waals surface area contributed by atoms with Crippen LogP contribution in [0.5, 0.6) is 0 Å². The van der Waals surface area contributed by atoms with E-state index in [0.717, 1.165) is 11.0 Å². The fourth-order valence-electron chi connectivity index (χ4n) is 2.36. The van der Waals surface area contributed by atoms with Crippen LogP contribution >= 0.6 is 7.60 Å². The number of benzene rings is 1. The molecule has 2 N–H and O–H groups in total. The van der Waals surface area contributed by atoms with Crippen LogP contribution in [0.4, 0.5) is 5.69 Å². The Morgan fingerprint density at radius 2 is 1.88 bits per heavy atom. The first-order chi connectivity index (χ1) is 11.3. The second-order valence-corrected chi connectivity index (χ2v) is 8.01. The van der Waals surface area contributed by atoms with Gasteiger partial charge >= 0.3 is 7.60 Å². The highest BCUT2D eigenvalue weighted by atomic mass is 31.2. The molecule has 0 bridgehead atoms. The molecule has 0 atom stereocenters. The van der Waals surface area contributed by atoms with Crippen molar-refractivity contribution in [3.8, 4) is 0 Å². The molecule has 2 aromatic rings. The number of nitrogen functional groups attached to an aromatic ring is 1. The highest BCUT2D eigenvalue weighted by molar-refractivity contribution is 7.53. The van der Waals surface area contributed by atoms with Crippen molar-refractivity contribution in [2.24, 2.45) is 0 Å². The first-order valence-electron chi connectivity index (χ1n) is 8.03. The molecule has 0 unspecified atom stereocenters. The third-order valence-corrected chi connectivity index (χ3v) is 5.13. The lowest BCUT2D eigenvalue weighted by atomic mass is 10.3. The van der Waals surface area contributed by atoms with E-state index in [1.54, 1.807) is 6.33 Å². The van der Waals surface area contributed by atoms with E-state index in [2.05, 4.69) is 4.98 Å². The van der Waals surface area contributed by atoms with Crippen molar-refractivity contribution >= 4 is 24.3 Å². The Morgan fingerprint density at radius 3 is 2.50 bits per heavy atom. The summed E-state index contributed by atoms with van der Waals surface area (Å²) in [5, 5.41) is 0. The molecule has 0 amide bonds. The van der Waals surface area contributed by atoms with Crippen LogP contribution in [-0.4, -0.2) is 34.7 Å². The Morgan fingerprint density at radius 1 is 1.21 bits per heavy atom. The molecular formula is C16H26N3O4P. The molecule has 0 saturated carbocycles. The fraction of sp³-hybridized carbons (Fsp3) is 0.562. The zero-order valence-electron chi connectivity index (χ0n) is 14.6. The molecule has 1 aromatic heterocycles. The Bertz CT molecular complexity index is 700. The molecule has 8 heteroatoms. The molecule has 24 heavy (non-hydrogen) atoms. The second-order valence-electron chi connectivity index (χ2n) is 6.11. The van der Waals surface area contributed by atoms with Gasteiger partial charge in [0.05, 0.1) is 36.3 Å². The molecule has 0 aliphatic heterocycles. The summed E-state index contributed by atoms with van der Waals surface area (Å²) in [6, 6.07) is 5.66. The van der Waals surface area contributed by atoms with Crippen molar-refractivity contribution in [2.45, 2.75) is 46.4 Å². The van der Waals surface area contributed by atoms with Crippen LogP contribution in [0.15, 0.2) is 24.5 Å². The standard InChI is InChI=1S/C16H26N3O4P/c1-12(2)22-24(20,23-13(3)4)11-21-9-8-19-10-18-16-14(17)6-5-7-15(16)19/h5-7,10,12-13H,8-9,11,17H2,1-4H3. The van der Waals surface area contributed by atoms with Crippen molar-refractivity contribution in [1.82, 2.24) is 9.55 Å². The molecule has 1 aromatic carbocycles. The lowest BCUT2D eigenvalue weighted by Crippen LogP contribution is -2.13. The van der Waals surface area contributed by atoms with Gasteiger partial charge in [-0.05, 0) is 39.8 Å². The number of nitrogens with zero attached hydrogens (tertiary/aromatic N) is 2. The fourth-order valence-corrected chi connectivity index (χ4v) is 4.17. The number of rotatable bonds is 9. The van der Waals surface area contributed by atoms with E-state index < -0.39 is 7.60 Å². The van der Waals surface area contributed by atoms with Crippen LogP contribution in [0.1, 0.15) is 27.7 Å². The average molecular weight is 355 g/mol. The van der Waals surface area contributed by atoms with Crippen molar-refractivity contribution in [2.75, 3.05) is 18.7 Å². The molecule has 0 radical (unpaired) electrons. The Hall–Kier alpha value is -1.40. The number of nitrogens with two attached hydrogens (primary N) is 1. The summed E-state index contributed by atoms with van der Waals surface area (Å²) in [6.07, 6.45) is 1.26. The minimum atomic E-state index is -3.26. The summed E-state index contributed by atoms with van der Waals surface area (Å²) in [4.78, 5) is 4.30. The van der Waals surface area contributed by atoms with Crippen LogP contribution in [0, 0.1) is 0 Å². The summed E-state index contributed by atoms with van der Waals surface area (Å²) >= 11 is 0. The molecule has 0 saturated heterocycles. The molecule has 2 rings (SSSR count). The van der Waals surface area contributed by atoms with Crippen LogP contribution in [0.3, 0.4) is 0 Å². The summed E-state index contributed by atoms with van der Waals surface area (Å²) in [6.45, 7) is 8.21. The molecular weight excluding hydrogens is 329 g/mol. The van der Waals surface area contributed by atoms with Crippen molar-refractivity contribution in [1.29, 1.82) is 0 Å². The van der Waals surface area contributed by atoms with E-state index in [-0.39, 0.29) is 18.6 Å². The van der Waals surface area contributed by atoms with Gasteiger partial charge in [0.2, 0.25) is 0 Å². The third-order valence-electron chi connectivity index (χ3n) is 3.15. The van der Waals surface area contributed by atoms with E-state index in [1.807, 2.05) is 50.5 Å². The van der Waals surface area contributed by atoms with Gasteiger partial charge in [0.25, 0.3) is 0 Å². The highest BCUT2D eigenvalue weighted by Crippen LogP contribution is 2.50. The predicted molar refractivity (Wildman–Crippen MR) is 95.0 cm³/mol. The van der Waals surface area contributed by atoms with Crippen LogP contribution < -0.4 is 5.73 Å². The van der Waals surface area contributed by atoms with Crippen molar-refractivity contribution in [3.05, 3.63) is 24.5 Å². The zero-order valence-corrected chi connectivity index (χ0v) is 15.5. The first kappa shape index (κ1) is 18.9. The molecule has 0 fully saturated rings. The number of hydrogen-bond acceptors (Lipinski definition) is 6. The second kappa shape index (κ2) is 8.12. The minimum absolute atomic E-state index is 0.0713. The van der Waals surface area contributed by atoms with E-state index in [0.29, 0.717) is 18.8 Å². The Kier molecular flexibility index (Phi) is 6.40. The molecule has 0 aliphatic carbocycles. The third kappa shape index (κ3) is 5.05. The average Bonchev–Trinajstić information content (AvgIpc) is 2.86. The maximum absolute atomic E-state index is 12.6. The lowest BCUT2D eigenvalue weighted by Gasteiger charge is -2.22. The van der Waals surface area contributed by atoms with Gasteiger partial charge in [0.15, 0.2) is 0 Å². The first-order valence-corrected chi connectivity index (χ1v) is 9.76. The highest BCUT2D eigenvalue weighted by Gasteiger charge is 2.28. The van der Waals surface area contributed by atoms with E-state index in [9.17, 15) is 4.57 Å². The predicted octanol–water partition coefficient (Wildman–Crippen LogP) is 3.64. The quantitative estimate of drug-likeness (QED) is 0.420. The summed E-state index contributed by atoms with van der Waals surface area (Å²) in [7, 11) is -3.26. The van der Waals surface area contributed by atoms with Gasteiger partial charge in [-0.25, -0.2) is 4.98 Å². The van der Waals surface area contributed by atoms with Gasteiger partial charge in [-0.3, -0.25) is 4.57 Å². The topological polar surface area (TPSA) is 88.6 Å². The molecule has 0 spiro atoms. The summed E-state index contributed by atoms with van der Waals surface area (Å²) < 4.78 is 31.0. The summed E-state index contributed by atoms with van der Waals surface area (Å²) in [5.41, 5.74) is 8.26.